The Morgan fingerprint density at radius 3 is 2.05 bits per heavy atom. The molecule has 0 amide bonds. The average molecular weight is 635 g/mol. The molecule has 0 aliphatic heterocycles. The van der Waals surface area contributed by atoms with Gasteiger partial charge in [-0.05, 0) is 83.3 Å². The summed E-state index contributed by atoms with van der Waals surface area (Å²) in [7, 11) is -1.13. The van der Waals surface area contributed by atoms with Crippen molar-refractivity contribution in [3.05, 3.63) is 89.5 Å². The van der Waals surface area contributed by atoms with Gasteiger partial charge in [0.25, 0.3) is 9.05 Å². The summed E-state index contributed by atoms with van der Waals surface area (Å²) in [5.41, 5.74) is 2.15. The molecule has 0 bridgehead atoms. The van der Waals surface area contributed by atoms with Gasteiger partial charge in [-0.3, -0.25) is 0 Å². The zero-order valence-electron chi connectivity index (χ0n) is 24.3. The Morgan fingerprint density at radius 2 is 1.50 bits per heavy atom. The molecule has 0 radical (unpaired) electrons. The molecule has 226 valence electrons. The van der Waals surface area contributed by atoms with E-state index >= 15 is 0 Å². The zero-order valence-corrected chi connectivity index (χ0v) is 26.7. The summed E-state index contributed by atoms with van der Waals surface area (Å²) >= 11 is 0. The van der Waals surface area contributed by atoms with Crippen LogP contribution in [-0.4, -0.2) is 36.5 Å². The molecule has 0 aromatic heterocycles. The van der Waals surface area contributed by atoms with E-state index in [0.717, 1.165) is 11.1 Å². The van der Waals surface area contributed by atoms with Crippen molar-refractivity contribution < 1.29 is 35.3 Å². The van der Waals surface area contributed by atoms with Gasteiger partial charge in [-0.15, -0.1) is 0 Å². The molecule has 0 saturated heterocycles. The van der Waals surface area contributed by atoms with Crippen molar-refractivity contribution in [1.29, 1.82) is 0 Å². The molecule has 3 rings (SSSR count). The van der Waals surface area contributed by atoms with E-state index in [0.29, 0.717) is 5.56 Å². The minimum atomic E-state index is -4.17. The predicted molar refractivity (Wildman–Crippen MR) is 163 cm³/mol. The van der Waals surface area contributed by atoms with Gasteiger partial charge in [0.05, 0.1) is 18.6 Å². The van der Waals surface area contributed by atoms with Crippen LogP contribution < -0.4 is 8.92 Å². The lowest BCUT2D eigenvalue weighted by Gasteiger charge is -2.37. The number of esters is 1. The van der Waals surface area contributed by atoms with Gasteiger partial charge in [-0.25, -0.2) is 13.2 Å². The van der Waals surface area contributed by atoms with Gasteiger partial charge in [0.15, 0.2) is 11.5 Å². The molecule has 2 unspecified atom stereocenters. The molecular weight excluding hydrogens is 600 g/mol. The number of carbonyl (C=O) groups excluding carboxylic acids is 1. The predicted octanol–water partition coefficient (Wildman–Crippen LogP) is 6.68. The lowest BCUT2D eigenvalue weighted by molar-refractivity contribution is -0.137. The summed E-state index contributed by atoms with van der Waals surface area (Å²) in [4.78, 5) is 11.6. The Morgan fingerprint density at radius 1 is 0.905 bits per heavy atom. The minimum absolute atomic E-state index is 0.00610. The Balaban J connectivity index is 1.77. The minimum Gasteiger partial charge on any atom is -0.493 e. The van der Waals surface area contributed by atoms with Crippen LogP contribution in [0.15, 0.2) is 82.6 Å². The van der Waals surface area contributed by atoms with E-state index in [2.05, 4.69) is 27.7 Å². The number of halogens is 1. The first kappa shape index (κ1) is 33.2. The maximum absolute atomic E-state index is 13.1. The molecule has 0 aliphatic rings. The molecule has 0 fully saturated rings. The van der Waals surface area contributed by atoms with Crippen molar-refractivity contribution in [3.8, 4) is 11.5 Å². The van der Waals surface area contributed by atoms with Crippen LogP contribution in [0, 0.1) is 5.92 Å². The summed E-state index contributed by atoms with van der Waals surface area (Å²) < 4.78 is 65.0. The van der Waals surface area contributed by atoms with Crippen LogP contribution in [-0.2, 0) is 34.1 Å². The molecule has 8 nitrogen and oxygen atoms in total. The van der Waals surface area contributed by atoms with Crippen LogP contribution in [0.25, 0.3) is 6.08 Å². The van der Waals surface area contributed by atoms with Crippen LogP contribution >= 0.6 is 10.7 Å². The second-order valence-electron chi connectivity index (χ2n) is 10.4. The Kier molecular flexibility index (Phi) is 10.5. The van der Waals surface area contributed by atoms with Crippen LogP contribution in [0.1, 0.15) is 57.2 Å². The van der Waals surface area contributed by atoms with Crippen molar-refractivity contribution in [1.82, 2.24) is 0 Å². The van der Waals surface area contributed by atoms with E-state index in [1.165, 1.54) is 49.6 Å². The Hall–Kier alpha value is -3.34. The van der Waals surface area contributed by atoms with Crippen molar-refractivity contribution in [2.45, 2.75) is 55.7 Å². The van der Waals surface area contributed by atoms with E-state index in [4.69, 9.17) is 24.3 Å². The standard InChI is InChI=1S/C31H35ClO8S2/c1-7-39-30(33)19-9-23-8-18-28(29(20-23)38-6)40-42(36,37)27-14-10-24(11-15-27)21(2)22(3)31(4,5)25-12-16-26(17-13-25)41(32,34)35/h8-22H,7H2,1-6H3/b19-9+. The highest BCUT2D eigenvalue weighted by atomic mass is 35.7. The second-order valence-corrected chi connectivity index (χ2v) is 14.5. The van der Waals surface area contributed by atoms with Gasteiger partial charge in [-0.1, -0.05) is 58.0 Å². The summed E-state index contributed by atoms with van der Waals surface area (Å²) in [6, 6.07) is 17.7. The summed E-state index contributed by atoms with van der Waals surface area (Å²) in [6.07, 6.45) is 2.80. The maximum atomic E-state index is 13.1. The summed E-state index contributed by atoms with van der Waals surface area (Å²) in [6.45, 7) is 10.3. The first-order chi connectivity index (χ1) is 19.6. The normalized spacial score (nSPS) is 13.9. The monoisotopic (exact) mass is 634 g/mol. The van der Waals surface area contributed by atoms with E-state index in [-0.39, 0.29) is 45.1 Å². The topological polar surface area (TPSA) is 113 Å². The van der Waals surface area contributed by atoms with Gasteiger partial charge >= 0.3 is 16.1 Å². The van der Waals surface area contributed by atoms with Gasteiger partial charge in [-0.2, -0.15) is 8.42 Å². The first-order valence-corrected chi connectivity index (χ1v) is 16.9. The lowest BCUT2D eigenvalue weighted by atomic mass is 9.68. The number of methoxy groups -OCH3 is 1. The lowest BCUT2D eigenvalue weighted by Crippen LogP contribution is -2.30. The highest BCUT2D eigenvalue weighted by molar-refractivity contribution is 8.13. The van der Waals surface area contributed by atoms with Gasteiger partial charge in [0.2, 0.25) is 0 Å². The molecule has 0 N–H and O–H groups in total. The third-order valence-electron chi connectivity index (χ3n) is 7.55. The summed E-state index contributed by atoms with van der Waals surface area (Å²) in [5, 5.41) is 0. The van der Waals surface area contributed by atoms with Crippen molar-refractivity contribution in [2.24, 2.45) is 5.92 Å². The Labute approximate surface area is 252 Å². The zero-order chi connectivity index (χ0) is 31.3. The fraction of sp³-hybridized carbons (Fsp3) is 0.323. The van der Waals surface area contributed by atoms with Crippen LogP contribution in [0.4, 0.5) is 0 Å². The van der Waals surface area contributed by atoms with Crippen LogP contribution in [0.2, 0.25) is 0 Å². The average Bonchev–Trinajstić information content (AvgIpc) is 2.95. The molecule has 0 heterocycles. The van der Waals surface area contributed by atoms with Crippen molar-refractivity contribution >= 4 is 41.9 Å². The van der Waals surface area contributed by atoms with Gasteiger partial charge in [0.1, 0.15) is 4.90 Å². The molecular formula is C31H35ClO8S2. The molecule has 0 saturated carbocycles. The third-order valence-corrected chi connectivity index (χ3v) is 10.2. The molecule has 0 aliphatic carbocycles. The smallest absolute Gasteiger partial charge is 0.339 e. The van der Waals surface area contributed by atoms with E-state index in [1.807, 2.05) is 0 Å². The number of ether oxygens (including phenoxy) is 2. The third kappa shape index (κ3) is 7.93. The van der Waals surface area contributed by atoms with E-state index < -0.39 is 25.1 Å². The molecule has 11 heteroatoms. The summed E-state index contributed by atoms with van der Waals surface area (Å²) in [5.74, 6) is -0.178. The molecule has 0 spiro atoms. The fourth-order valence-corrected chi connectivity index (χ4v) is 6.25. The number of carbonyl (C=O) groups is 1. The number of hydrogen-bond donors (Lipinski definition) is 0. The fourth-order valence-electron chi connectivity index (χ4n) is 4.54. The number of rotatable bonds is 12. The van der Waals surface area contributed by atoms with Crippen molar-refractivity contribution in [3.63, 3.8) is 0 Å². The van der Waals surface area contributed by atoms with E-state index in [1.54, 1.807) is 43.3 Å². The molecule has 3 aromatic carbocycles. The highest BCUT2D eigenvalue weighted by Gasteiger charge is 2.33. The first-order valence-electron chi connectivity index (χ1n) is 13.2. The van der Waals surface area contributed by atoms with E-state index in [9.17, 15) is 21.6 Å². The van der Waals surface area contributed by atoms with Crippen LogP contribution in [0.3, 0.4) is 0 Å². The molecule has 42 heavy (non-hydrogen) atoms. The number of hydrogen-bond acceptors (Lipinski definition) is 8. The second kappa shape index (κ2) is 13.3. The van der Waals surface area contributed by atoms with Crippen LogP contribution in [0.5, 0.6) is 11.5 Å². The van der Waals surface area contributed by atoms with Gasteiger partial charge in [0, 0.05) is 16.8 Å². The number of benzene rings is 3. The molecule has 2 atom stereocenters. The molecule has 3 aromatic rings. The largest absolute Gasteiger partial charge is 0.493 e. The Bertz CT molecular complexity index is 1640. The van der Waals surface area contributed by atoms with Crippen molar-refractivity contribution in [2.75, 3.05) is 13.7 Å². The maximum Gasteiger partial charge on any atom is 0.339 e. The quantitative estimate of drug-likeness (QED) is 0.0938. The highest BCUT2D eigenvalue weighted by Crippen LogP contribution is 2.41. The SMILES string of the molecule is CCOC(=O)/C=C/c1ccc(OS(=O)(=O)c2ccc(C(C)C(C)C(C)(C)c3ccc(S(=O)(=O)Cl)cc3)cc2)c(OC)c1. The van der Waals surface area contributed by atoms with Gasteiger partial charge < -0.3 is 13.7 Å².